The van der Waals surface area contributed by atoms with Crippen molar-refractivity contribution >= 4 is 58.8 Å². The van der Waals surface area contributed by atoms with Crippen LogP contribution < -0.4 is 19.9 Å². The minimum atomic E-state index is -1.91. The summed E-state index contributed by atoms with van der Waals surface area (Å²) < 4.78 is 20.8. The van der Waals surface area contributed by atoms with E-state index in [0.29, 0.717) is 28.1 Å². The van der Waals surface area contributed by atoms with Gasteiger partial charge in [0.15, 0.2) is 5.41 Å². The molecule has 62 heavy (non-hydrogen) atoms. The molecule has 0 bridgehead atoms. The van der Waals surface area contributed by atoms with Gasteiger partial charge in [-0.05, 0) is 78.1 Å². The number of hydrogen-bond donors (Lipinski definition) is 1. The van der Waals surface area contributed by atoms with Crippen LogP contribution in [0.25, 0.3) is 0 Å². The standard InChI is InChI=1S/C46H40N4O12/c1-59-29-18-16-27(17-19-29)48-35(36(41(48)55)50-37(51)30-12-8-9-13-31(30)38(50)52)34-32-33(46(47-34,44(58)62-4)21-24-10-6-5-7-11-24)40(54)49(39(32)53)28-15-14-25-22-45(42(56)60-2,43(57)61-3)23-26(25)20-28/h5-20,32-36,47H,21-23H2,1-4H3/t32-,33-,34+,35+,36-,46-/m1/s1. The lowest BCUT2D eigenvalue weighted by molar-refractivity contribution is -0.168. The summed E-state index contributed by atoms with van der Waals surface area (Å²) in [6, 6.07) is 22.4. The van der Waals surface area contributed by atoms with E-state index >= 15 is 9.59 Å². The molecule has 0 radical (unpaired) electrons. The number of methoxy groups -OCH3 is 4. The Morgan fingerprint density at radius 2 is 1.23 bits per heavy atom. The Kier molecular flexibility index (Phi) is 9.58. The molecule has 0 spiro atoms. The van der Waals surface area contributed by atoms with Crippen LogP contribution in [0, 0.1) is 17.3 Å². The van der Waals surface area contributed by atoms with Crippen molar-refractivity contribution in [2.24, 2.45) is 17.3 Å². The molecule has 16 nitrogen and oxygen atoms in total. The molecular formula is C46H40N4O12. The third-order valence-corrected chi connectivity index (χ3v) is 13.1. The summed E-state index contributed by atoms with van der Waals surface area (Å²) in [6.07, 6.45) is -0.303. The van der Waals surface area contributed by atoms with Crippen LogP contribution in [-0.4, -0.2) is 104 Å². The lowest BCUT2D eigenvalue weighted by Crippen LogP contribution is -2.78. The van der Waals surface area contributed by atoms with E-state index in [1.165, 1.54) is 51.5 Å². The maximum Gasteiger partial charge on any atom is 0.327 e. The Labute approximate surface area is 354 Å². The average Bonchev–Trinajstić information content (AvgIpc) is 4.00. The summed E-state index contributed by atoms with van der Waals surface area (Å²) in [5.41, 5.74) is -1.21. The van der Waals surface area contributed by atoms with Crippen LogP contribution in [0.5, 0.6) is 5.75 Å². The predicted octanol–water partition coefficient (Wildman–Crippen LogP) is 2.44. The second-order valence-corrected chi connectivity index (χ2v) is 16.1. The first kappa shape index (κ1) is 40.2. The van der Waals surface area contributed by atoms with Gasteiger partial charge in [-0.25, -0.2) is 4.90 Å². The molecule has 0 aromatic heterocycles. The molecule has 1 aliphatic carbocycles. The van der Waals surface area contributed by atoms with E-state index < -0.39 is 88.4 Å². The second-order valence-electron chi connectivity index (χ2n) is 16.1. The third kappa shape index (κ3) is 5.62. The largest absolute Gasteiger partial charge is 0.497 e. The van der Waals surface area contributed by atoms with Crippen LogP contribution in [-0.2, 0) is 62.2 Å². The number of carbonyl (C=O) groups excluding carboxylic acids is 8. The molecule has 1 N–H and O–H groups in total. The highest BCUT2D eigenvalue weighted by Gasteiger charge is 2.73. The number of esters is 3. The quantitative estimate of drug-likeness (QED) is 0.0805. The zero-order valence-electron chi connectivity index (χ0n) is 34.0. The Hall–Kier alpha value is -7.20. The maximum atomic E-state index is 15.3. The van der Waals surface area contributed by atoms with Crippen LogP contribution >= 0.6 is 0 Å². The Morgan fingerprint density at radius 3 is 1.82 bits per heavy atom. The normalized spacial score (nSPS) is 25.6. The number of β-lactam (4-membered cyclic amide) rings is 1. The van der Waals surface area contributed by atoms with Crippen molar-refractivity contribution in [3.05, 3.63) is 125 Å². The summed E-state index contributed by atoms with van der Waals surface area (Å²) >= 11 is 0. The highest BCUT2D eigenvalue weighted by molar-refractivity contribution is 6.26. The summed E-state index contributed by atoms with van der Waals surface area (Å²) in [7, 11) is 4.99. The smallest absolute Gasteiger partial charge is 0.327 e. The van der Waals surface area contributed by atoms with Gasteiger partial charge in [-0.3, -0.25) is 48.6 Å². The number of anilines is 2. The van der Waals surface area contributed by atoms with Gasteiger partial charge in [0.25, 0.3) is 17.7 Å². The van der Waals surface area contributed by atoms with Crippen molar-refractivity contribution in [1.29, 1.82) is 0 Å². The number of benzene rings is 4. The molecule has 9 rings (SSSR count). The van der Waals surface area contributed by atoms with Crippen molar-refractivity contribution in [2.75, 3.05) is 38.2 Å². The molecule has 4 aliphatic heterocycles. The number of imide groups is 2. The number of carbonyl (C=O) groups is 8. The van der Waals surface area contributed by atoms with Crippen molar-refractivity contribution in [3.8, 4) is 5.75 Å². The van der Waals surface area contributed by atoms with Crippen molar-refractivity contribution in [2.45, 2.75) is 42.9 Å². The zero-order chi connectivity index (χ0) is 43.8. The minimum Gasteiger partial charge on any atom is -0.497 e. The second kappa shape index (κ2) is 14.8. The number of hydrogen-bond acceptors (Lipinski definition) is 13. The van der Waals surface area contributed by atoms with Crippen LogP contribution in [0.3, 0.4) is 0 Å². The predicted molar refractivity (Wildman–Crippen MR) is 217 cm³/mol. The highest BCUT2D eigenvalue weighted by Crippen LogP contribution is 2.52. The molecule has 316 valence electrons. The van der Waals surface area contributed by atoms with Gasteiger partial charge in [0.05, 0.1) is 63.1 Å². The van der Waals surface area contributed by atoms with Crippen molar-refractivity contribution < 1.29 is 57.3 Å². The molecule has 0 saturated carbocycles. The third-order valence-electron chi connectivity index (χ3n) is 13.1. The topological polar surface area (TPSA) is 195 Å². The number of fused-ring (bicyclic) bond motifs is 3. The van der Waals surface area contributed by atoms with E-state index in [4.69, 9.17) is 18.9 Å². The molecule has 3 fully saturated rings. The van der Waals surface area contributed by atoms with E-state index in [1.807, 2.05) is 0 Å². The van der Waals surface area contributed by atoms with Gasteiger partial charge in [-0.2, -0.15) is 0 Å². The van der Waals surface area contributed by atoms with Crippen LogP contribution in [0.2, 0.25) is 0 Å². The number of nitrogens with one attached hydrogen (secondary N) is 1. The van der Waals surface area contributed by atoms with Crippen LogP contribution in [0.15, 0.2) is 97.1 Å². The van der Waals surface area contributed by atoms with Gasteiger partial charge in [0.1, 0.15) is 17.3 Å². The first-order valence-corrected chi connectivity index (χ1v) is 19.9. The van der Waals surface area contributed by atoms with E-state index in [0.717, 1.165) is 9.80 Å². The molecule has 6 atom stereocenters. The Balaban J connectivity index is 1.19. The lowest BCUT2D eigenvalue weighted by atomic mass is 9.74. The van der Waals surface area contributed by atoms with Crippen LogP contribution in [0.1, 0.15) is 37.4 Å². The van der Waals surface area contributed by atoms with Gasteiger partial charge < -0.3 is 23.8 Å². The number of nitrogens with zero attached hydrogens (tertiary/aromatic N) is 3. The maximum absolute atomic E-state index is 15.3. The van der Waals surface area contributed by atoms with E-state index in [2.05, 4.69) is 5.32 Å². The number of ether oxygens (including phenoxy) is 4. The molecule has 5 amide bonds. The Bertz CT molecular complexity index is 2560. The van der Waals surface area contributed by atoms with E-state index in [1.54, 1.807) is 78.9 Å². The summed E-state index contributed by atoms with van der Waals surface area (Å²) in [4.78, 5) is 117. The van der Waals surface area contributed by atoms with Gasteiger partial charge in [0.2, 0.25) is 11.8 Å². The first-order chi connectivity index (χ1) is 29.8. The van der Waals surface area contributed by atoms with Crippen molar-refractivity contribution in [3.63, 3.8) is 0 Å². The molecular weight excluding hydrogens is 801 g/mol. The molecule has 4 aromatic carbocycles. The fraction of sp³-hybridized carbons (Fsp3) is 0.304. The summed E-state index contributed by atoms with van der Waals surface area (Å²) in [5.74, 6) is -8.26. The monoisotopic (exact) mass is 840 g/mol. The van der Waals surface area contributed by atoms with Gasteiger partial charge in [-0.1, -0.05) is 48.5 Å². The zero-order valence-corrected chi connectivity index (χ0v) is 34.0. The summed E-state index contributed by atoms with van der Waals surface area (Å²) in [5, 5.41) is 3.36. The van der Waals surface area contributed by atoms with Crippen molar-refractivity contribution in [1.82, 2.24) is 10.2 Å². The number of rotatable bonds is 10. The van der Waals surface area contributed by atoms with Gasteiger partial charge >= 0.3 is 17.9 Å². The molecule has 4 heterocycles. The van der Waals surface area contributed by atoms with Gasteiger partial charge in [0, 0.05) is 18.2 Å². The van der Waals surface area contributed by atoms with Crippen LogP contribution in [0.4, 0.5) is 11.4 Å². The minimum absolute atomic E-state index is 0.0419. The molecule has 3 saturated heterocycles. The lowest BCUT2D eigenvalue weighted by Gasteiger charge is -2.53. The number of amides is 5. The summed E-state index contributed by atoms with van der Waals surface area (Å²) in [6.45, 7) is 0. The Morgan fingerprint density at radius 1 is 0.645 bits per heavy atom. The van der Waals surface area contributed by atoms with E-state index in [9.17, 15) is 28.8 Å². The van der Waals surface area contributed by atoms with E-state index in [-0.39, 0.29) is 36.1 Å². The van der Waals surface area contributed by atoms with Gasteiger partial charge in [-0.15, -0.1) is 0 Å². The SMILES string of the molecule is COC(=O)C1(C(=O)OC)Cc2ccc(N3C(=O)[C@H]4[C@@H]([C@H]5[C@@H](N6C(=O)c7ccccc7C6=O)C(=O)N5c5ccc(OC)cc5)N[C@@](Cc5ccccc5)(C(=O)OC)[C@H]4C3=O)cc2C1. The first-order valence-electron chi connectivity index (χ1n) is 19.9. The molecule has 5 aliphatic rings. The molecule has 0 unspecified atom stereocenters. The fourth-order valence-corrected chi connectivity index (χ4v) is 10.3. The fourth-order valence-electron chi connectivity index (χ4n) is 10.3. The molecule has 16 heteroatoms. The molecule has 4 aromatic rings. The average molecular weight is 841 g/mol. The highest BCUT2D eigenvalue weighted by atomic mass is 16.5.